The van der Waals surface area contributed by atoms with Crippen LogP contribution >= 0.6 is 0 Å². The monoisotopic (exact) mass is 383 g/mol. The third-order valence-electron chi connectivity index (χ3n) is 5.25. The number of nitro groups is 1. The van der Waals surface area contributed by atoms with E-state index in [1.165, 1.54) is 56.0 Å². The maximum atomic E-state index is 12.3. The Morgan fingerprint density at radius 2 is 1.96 bits per heavy atom. The van der Waals surface area contributed by atoms with Crippen molar-refractivity contribution in [3.63, 3.8) is 0 Å². The topological polar surface area (TPSA) is 116 Å². The van der Waals surface area contributed by atoms with Gasteiger partial charge in [-0.2, -0.15) is 5.10 Å². The quantitative estimate of drug-likeness (QED) is 0.353. The number of benzene rings is 1. The lowest BCUT2D eigenvalue weighted by Gasteiger charge is -2.26. The predicted octanol–water partition coefficient (Wildman–Crippen LogP) is 3.86. The number of hydrazone groups is 1. The van der Waals surface area contributed by atoms with E-state index in [0.717, 1.165) is 11.3 Å². The molecule has 0 radical (unpaired) electrons. The van der Waals surface area contributed by atoms with Crippen LogP contribution in [0.1, 0.15) is 65.5 Å². The molecule has 1 amide bonds. The van der Waals surface area contributed by atoms with Crippen LogP contribution in [-0.4, -0.2) is 21.6 Å². The minimum Gasteiger partial charge on any atom is -0.399 e. The van der Waals surface area contributed by atoms with Crippen LogP contribution in [0.3, 0.4) is 0 Å². The summed E-state index contributed by atoms with van der Waals surface area (Å²) in [5, 5.41) is 14.9. The number of rotatable bonds is 5. The summed E-state index contributed by atoms with van der Waals surface area (Å²) < 4.78 is 2.36. The van der Waals surface area contributed by atoms with E-state index < -0.39 is 10.8 Å². The number of carbonyl (C=O) groups is 1. The Kier molecular flexibility index (Phi) is 5.77. The fraction of sp³-hybridized carbons (Fsp3) is 0.400. The molecule has 28 heavy (non-hydrogen) atoms. The number of hydrogen-bond donors (Lipinski definition) is 2. The van der Waals surface area contributed by atoms with E-state index in [9.17, 15) is 14.9 Å². The number of non-ortho nitro benzene ring substituents is 1. The third kappa shape index (κ3) is 4.21. The highest BCUT2D eigenvalue weighted by atomic mass is 16.6. The molecular formula is C20H25N5O3. The van der Waals surface area contributed by atoms with Crippen molar-refractivity contribution in [2.24, 2.45) is 5.10 Å². The van der Waals surface area contributed by atoms with Crippen molar-refractivity contribution in [2.45, 2.75) is 52.0 Å². The number of aromatic nitrogens is 1. The first-order valence-corrected chi connectivity index (χ1v) is 9.43. The molecular weight excluding hydrogens is 358 g/mol. The second-order valence-electron chi connectivity index (χ2n) is 7.26. The minimum absolute atomic E-state index is 0.0940. The first kappa shape index (κ1) is 19.6. The zero-order valence-corrected chi connectivity index (χ0v) is 16.1. The molecule has 0 aliphatic heterocycles. The number of nitro benzene ring substituents is 1. The summed E-state index contributed by atoms with van der Waals surface area (Å²) in [4.78, 5) is 22.6. The Morgan fingerprint density at radius 1 is 1.25 bits per heavy atom. The molecule has 3 N–H and O–H groups in total. The predicted molar refractivity (Wildman–Crippen MR) is 109 cm³/mol. The zero-order chi connectivity index (χ0) is 20.3. The van der Waals surface area contributed by atoms with Gasteiger partial charge in [-0.1, -0.05) is 19.3 Å². The van der Waals surface area contributed by atoms with Crippen LogP contribution < -0.4 is 11.2 Å². The van der Waals surface area contributed by atoms with Crippen molar-refractivity contribution in [1.82, 2.24) is 9.99 Å². The molecule has 2 aromatic rings. The Morgan fingerprint density at radius 3 is 2.64 bits per heavy atom. The second-order valence-corrected chi connectivity index (χ2v) is 7.26. The van der Waals surface area contributed by atoms with Crippen molar-refractivity contribution in [2.75, 3.05) is 5.73 Å². The molecule has 8 nitrogen and oxygen atoms in total. The smallest absolute Gasteiger partial charge is 0.272 e. The van der Waals surface area contributed by atoms with Gasteiger partial charge in [-0.3, -0.25) is 14.9 Å². The summed E-state index contributed by atoms with van der Waals surface area (Å²) in [5.74, 6) is -0.548. The minimum atomic E-state index is -0.587. The van der Waals surface area contributed by atoms with Crippen LogP contribution in [-0.2, 0) is 0 Å². The van der Waals surface area contributed by atoms with Crippen LogP contribution in [0.5, 0.6) is 0 Å². The molecule has 0 unspecified atom stereocenters. The molecule has 8 heteroatoms. The molecule has 0 bridgehead atoms. The Bertz CT molecular complexity index is 926. The fourth-order valence-corrected chi connectivity index (χ4v) is 3.93. The van der Waals surface area contributed by atoms with Crippen molar-refractivity contribution >= 4 is 23.5 Å². The highest BCUT2D eigenvalue weighted by Gasteiger charge is 2.19. The molecule has 148 valence electrons. The second kappa shape index (κ2) is 8.24. The number of anilines is 1. The third-order valence-corrected chi connectivity index (χ3v) is 5.25. The van der Waals surface area contributed by atoms with Crippen LogP contribution in [0, 0.1) is 24.0 Å². The molecule has 1 aromatic carbocycles. The molecule has 1 heterocycles. The molecule has 1 aliphatic carbocycles. The van der Waals surface area contributed by atoms with Crippen LogP contribution in [0.15, 0.2) is 29.4 Å². The summed E-state index contributed by atoms with van der Waals surface area (Å²) in [6.45, 7) is 4.15. The number of nitrogen functional groups attached to an aromatic ring is 1. The number of carbonyl (C=O) groups excluding carboxylic acids is 1. The molecule has 0 saturated heterocycles. The number of aryl methyl sites for hydroxylation is 1. The van der Waals surface area contributed by atoms with Gasteiger partial charge in [0.2, 0.25) is 0 Å². The van der Waals surface area contributed by atoms with Gasteiger partial charge in [-0.25, -0.2) is 5.43 Å². The Balaban J connectivity index is 1.73. The van der Waals surface area contributed by atoms with E-state index in [1.54, 1.807) is 6.21 Å². The van der Waals surface area contributed by atoms with Gasteiger partial charge in [-0.05, 0) is 38.8 Å². The molecule has 1 aliphatic rings. The van der Waals surface area contributed by atoms with Gasteiger partial charge in [0.1, 0.15) is 0 Å². The van der Waals surface area contributed by atoms with Gasteiger partial charge in [0.25, 0.3) is 11.6 Å². The highest BCUT2D eigenvalue weighted by Crippen LogP contribution is 2.31. The van der Waals surface area contributed by atoms with Gasteiger partial charge in [0.05, 0.1) is 16.7 Å². The lowest BCUT2D eigenvalue weighted by molar-refractivity contribution is -0.384. The van der Waals surface area contributed by atoms with E-state index in [0.29, 0.717) is 6.04 Å². The van der Waals surface area contributed by atoms with Crippen molar-refractivity contribution < 1.29 is 9.72 Å². The molecule has 0 atom stereocenters. The maximum absolute atomic E-state index is 12.3. The normalized spacial score (nSPS) is 15.1. The zero-order valence-electron chi connectivity index (χ0n) is 16.1. The van der Waals surface area contributed by atoms with Crippen LogP contribution in [0.25, 0.3) is 0 Å². The number of hydrogen-bond acceptors (Lipinski definition) is 5. The van der Waals surface area contributed by atoms with Gasteiger partial charge in [0.15, 0.2) is 0 Å². The van der Waals surface area contributed by atoms with E-state index in [1.807, 2.05) is 0 Å². The summed E-state index contributed by atoms with van der Waals surface area (Å²) in [6.07, 6.45) is 7.81. The molecule has 1 aromatic heterocycles. The Labute approximate surface area is 163 Å². The number of nitrogens with zero attached hydrogens (tertiary/aromatic N) is 3. The lowest BCUT2D eigenvalue weighted by atomic mass is 9.95. The van der Waals surface area contributed by atoms with Gasteiger partial charge >= 0.3 is 0 Å². The highest BCUT2D eigenvalue weighted by molar-refractivity contribution is 5.96. The molecule has 1 fully saturated rings. The molecule has 1 saturated carbocycles. The maximum Gasteiger partial charge on any atom is 0.272 e. The van der Waals surface area contributed by atoms with E-state index in [4.69, 9.17) is 5.73 Å². The molecule has 0 spiro atoms. The first-order valence-electron chi connectivity index (χ1n) is 9.43. The van der Waals surface area contributed by atoms with Gasteiger partial charge in [-0.15, -0.1) is 0 Å². The number of nitrogens with two attached hydrogens (primary N) is 1. The average Bonchev–Trinajstić information content (AvgIpc) is 2.95. The van der Waals surface area contributed by atoms with Gasteiger partial charge < -0.3 is 10.3 Å². The average molecular weight is 383 g/mol. The van der Waals surface area contributed by atoms with E-state index >= 15 is 0 Å². The van der Waals surface area contributed by atoms with Crippen LogP contribution in [0.2, 0.25) is 0 Å². The molecule has 3 rings (SSSR count). The largest absolute Gasteiger partial charge is 0.399 e. The summed E-state index contributed by atoms with van der Waals surface area (Å²) in [7, 11) is 0. The Hall–Kier alpha value is -3.16. The first-order chi connectivity index (χ1) is 13.4. The van der Waals surface area contributed by atoms with Crippen molar-refractivity contribution in [1.29, 1.82) is 0 Å². The SMILES string of the molecule is Cc1cc(/C=N\NC(=O)c2cc(N)cc([N+](=O)[O-])c2)c(C)n1C1CCCCC1. The van der Waals surface area contributed by atoms with E-state index in [2.05, 4.69) is 35.0 Å². The summed E-state index contributed by atoms with van der Waals surface area (Å²) in [6, 6.07) is 6.35. The number of nitrogens with one attached hydrogen (secondary N) is 1. The fourth-order valence-electron chi connectivity index (χ4n) is 3.93. The summed E-state index contributed by atoms with van der Waals surface area (Å²) in [5.41, 5.74) is 11.3. The lowest BCUT2D eigenvalue weighted by Crippen LogP contribution is -2.18. The van der Waals surface area contributed by atoms with Crippen molar-refractivity contribution in [3.8, 4) is 0 Å². The van der Waals surface area contributed by atoms with Crippen molar-refractivity contribution in [3.05, 3.63) is 56.9 Å². The van der Waals surface area contributed by atoms with E-state index in [-0.39, 0.29) is 16.9 Å². The number of amides is 1. The summed E-state index contributed by atoms with van der Waals surface area (Å²) >= 11 is 0. The van der Waals surface area contributed by atoms with Gasteiger partial charge in [0, 0.05) is 40.8 Å². The standard InChI is InChI=1S/C20H25N5O3/c1-13-8-16(14(2)24(13)18-6-4-3-5-7-18)12-22-23-20(26)15-9-17(21)11-19(10-15)25(27)28/h8-12,18H,3-7,21H2,1-2H3,(H,23,26)/b22-12-. The van der Waals surface area contributed by atoms with Crippen LogP contribution in [0.4, 0.5) is 11.4 Å².